The van der Waals surface area contributed by atoms with Crippen LogP contribution in [-0.2, 0) is 4.79 Å². The molecule has 0 fully saturated rings. The van der Waals surface area contributed by atoms with Crippen molar-refractivity contribution >= 4 is 28.8 Å². The summed E-state index contributed by atoms with van der Waals surface area (Å²) in [5.41, 5.74) is 3.76. The minimum atomic E-state index is -0.209. The molecule has 0 aliphatic carbocycles. The summed E-state index contributed by atoms with van der Waals surface area (Å²) < 4.78 is 11.1. The number of hydrogen-bond acceptors (Lipinski definition) is 4. The van der Waals surface area contributed by atoms with Crippen molar-refractivity contribution in [2.75, 3.05) is 12.4 Å². The van der Waals surface area contributed by atoms with Crippen LogP contribution in [0.1, 0.15) is 5.56 Å². The van der Waals surface area contributed by atoms with Gasteiger partial charge in [-0.15, -0.1) is 0 Å². The monoisotopic (exact) mass is 370 g/mol. The number of anilines is 1. The van der Waals surface area contributed by atoms with Gasteiger partial charge in [0.05, 0.1) is 7.11 Å². The molecular weight excluding hydrogens is 352 g/mol. The number of methoxy groups -OCH3 is 1. The second-order valence-corrected chi connectivity index (χ2v) is 6.17. The maximum atomic E-state index is 12.2. The van der Waals surface area contributed by atoms with Crippen LogP contribution in [0.2, 0.25) is 0 Å². The van der Waals surface area contributed by atoms with Gasteiger partial charge in [0.25, 0.3) is 0 Å². The van der Waals surface area contributed by atoms with Crippen LogP contribution in [-0.4, -0.2) is 18.0 Å². The number of aromatic nitrogens is 1. The lowest BCUT2D eigenvalue weighted by molar-refractivity contribution is -0.111. The number of amides is 1. The largest absolute Gasteiger partial charge is 0.497 e. The molecule has 5 nitrogen and oxygen atoms in total. The summed E-state index contributed by atoms with van der Waals surface area (Å²) in [5.74, 6) is 1.03. The summed E-state index contributed by atoms with van der Waals surface area (Å²) in [7, 11) is 1.62. The zero-order chi connectivity index (χ0) is 19.3. The van der Waals surface area contributed by atoms with Gasteiger partial charge in [-0.05, 0) is 48.0 Å². The van der Waals surface area contributed by atoms with E-state index in [-0.39, 0.29) is 5.91 Å². The van der Waals surface area contributed by atoms with Gasteiger partial charge in [0.15, 0.2) is 5.58 Å². The Morgan fingerprint density at radius 2 is 1.89 bits per heavy atom. The lowest BCUT2D eigenvalue weighted by atomic mass is 10.2. The summed E-state index contributed by atoms with van der Waals surface area (Å²) in [6, 6.07) is 22.5. The minimum absolute atomic E-state index is 0.209. The third-order valence-corrected chi connectivity index (χ3v) is 4.20. The molecule has 1 aromatic heterocycles. The molecule has 1 amide bonds. The van der Waals surface area contributed by atoms with Gasteiger partial charge in [-0.1, -0.05) is 36.4 Å². The van der Waals surface area contributed by atoms with E-state index >= 15 is 0 Å². The average Bonchev–Trinajstić information content (AvgIpc) is 3.16. The maximum absolute atomic E-state index is 12.2. The van der Waals surface area contributed by atoms with Crippen LogP contribution in [0.5, 0.6) is 5.75 Å². The normalized spacial score (nSPS) is 11.0. The van der Waals surface area contributed by atoms with Gasteiger partial charge in [0.2, 0.25) is 11.8 Å². The molecule has 0 aliphatic heterocycles. The second-order valence-electron chi connectivity index (χ2n) is 6.17. The Kier molecular flexibility index (Phi) is 4.89. The first-order chi connectivity index (χ1) is 13.7. The predicted octanol–water partition coefficient (Wildman–Crippen LogP) is 5.16. The number of nitrogens with one attached hydrogen (secondary N) is 1. The van der Waals surface area contributed by atoms with E-state index < -0.39 is 0 Å². The summed E-state index contributed by atoms with van der Waals surface area (Å²) in [6.07, 6.45) is 3.27. The summed E-state index contributed by atoms with van der Waals surface area (Å²) in [4.78, 5) is 16.7. The van der Waals surface area contributed by atoms with Gasteiger partial charge in [0, 0.05) is 17.3 Å². The zero-order valence-corrected chi connectivity index (χ0v) is 15.3. The van der Waals surface area contributed by atoms with E-state index in [4.69, 9.17) is 9.15 Å². The first kappa shape index (κ1) is 17.5. The molecule has 0 atom stereocenters. The Bertz CT molecular complexity index is 1150. The zero-order valence-electron chi connectivity index (χ0n) is 15.3. The van der Waals surface area contributed by atoms with Gasteiger partial charge in [-0.25, -0.2) is 4.98 Å². The second kappa shape index (κ2) is 7.80. The van der Waals surface area contributed by atoms with Gasteiger partial charge >= 0.3 is 0 Å². The molecule has 0 bridgehead atoms. The Morgan fingerprint density at radius 1 is 1.04 bits per heavy atom. The molecule has 1 heterocycles. The Labute approximate surface area is 162 Å². The Hall–Kier alpha value is -3.86. The molecule has 138 valence electrons. The standard InChI is InChI=1S/C23H18N2O3/c1-27-19-9-5-8-17(14-19)23-25-20-15-18(11-12-21(20)28-23)24-22(26)13-10-16-6-3-2-4-7-16/h2-15H,1H3,(H,24,26)/b13-10+. The van der Waals surface area contributed by atoms with Crippen LogP contribution < -0.4 is 10.1 Å². The Balaban J connectivity index is 1.53. The number of rotatable bonds is 5. The lowest BCUT2D eigenvalue weighted by Gasteiger charge is -2.01. The summed E-state index contributed by atoms with van der Waals surface area (Å²) in [6.45, 7) is 0. The van der Waals surface area contributed by atoms with E-state index in [1.807, 2.05) is 54.6 Å². The minimum Gasteiger partial charge on any atom is -0.497 e. The van der Waals surface area contributed by atoms with Crippen molar-refractivity contribution in [3.63, 3.8) is 0 Å². The maximum Gasteiger partial charge on any atom is 0.248 e. The highest BCUT2D eigenvalue weighted by Gasteiger charge is 2.10. The fourth-order valence-corrected chi connectivity index (χ4v) is 2.80. The fraction of sp³-hybridized carbons (Fsp3) is 0.0435. The molecule has 0 aliphatic rings. The Morgan fingerprint density at radius 3 is 2.71 bits per heavy atom. The van der Waals surface area contributed by atoms with Crippen LogP contribution in [0.4, 0.5) is 5.69 Å². The third-order valence-electron chi connectivity index (χ3n) is 4.20. The first-order valence-electron chi connectivity index (χ1n) is 8.80. The first-order valence-corrected chi connectivity index (χ1v) is 8.80. The molecule has 0 radical (unpaired) electrons. The molecule has 5 heteroatoms. The SMILES string of the molecule is COc1cccc(-c2nc3cc(NC(=O)/C=C/c4ccccc4)ccc3o2)c1. The number of nitrogens with zero attached hydrogens (tertiary/aromatic N) is 1. The molecule has 0 unspecified atom stereocenters. The molecule has 28 heavy (non-hydrogen) atoms. The number of carbonyl (C=O) groups is 1. The highest BCUT2D eigenvalue weighted by Crippen LogP contribution is 2.28. The van der Waals surface area contributed by atoms with E-state index in [0.29, 0.717) is 22.7 Å². The number of hydrogen-bond donors (Lipinski definition) is 1. The highest BCUT2D eigenvalue weighted by molar-refractivity contribution is 6.02. The van der Waals surface area contributed by atoms with Crippen LogP contribution in [0.25, 0.3) is 28.6 Å². The van der Waals surface area contributed by atoms with E-state index in [1.165, 1.54) is 6.08 Å². The molecule has 3 aromatic carbocycles. The average molecular weight is 370 g/mol. The van der Waals surface area contributed by atoms with Gasteiger partial charge < -0.3 is 14.5 Å². The van der Waals surface area contributed by atoms with Crippen LogP contribution >= 0.6 is 0 Å². The number of carbonyl (C=O) groups excluding carboxylic acids is 1. The smallest absolute Gasteiger partial charge is 0.248 e. The van der Waals surface area contributed by atoms with Gasteiger partial charge in [-0.2, -0.15) is 0 Å². The molecular formula is C23H18N2O3. The van der Waals surface area contributed by atoms with Crippen molar-refractivity contribution in [1.29, 1.82) is 0 Å². The molecule has 4 aromatic rings. The van der Waals surface area contributed by atoms with E-state index in [1.54, 1.807) is 31.4 Å². The van der Waals surface area contributed by atoms with Crippen LogP contribution in [0.15, 0.2) is 83.3 Å². The molecule has 1 N–H and O–H groups in total. The summed E-state index contributed by atoms with van der Waals surface area (Å²) >= 11 is 0. The molecule has 4 rings (SSSR count). The highest BCUT2D eigenvalue weighted by atomic mass is 16.5. The topological polar surface area (TPSA) is 64.4 Å². The van der Waals surface area contributed by atoms with Crippen LogP contribution in [0, 0.1) is 0 Å². The van der Waals surface area contributed by atoms with Crippen molar-refractivity contribution in [2.24, 2.45) is 0 Å². The van der Waals surface area contributed by atoms with E-state index in [0.717, 1.165) is 16.9 Å². The van der Waals surface area contributed by atoms with Crippen molar-refractivity contribution in [1.82, 2.24) is 4.98 Å². The van der Waals surface area contributed by atoms with E-state index in [2.05, 4.69) is 10.3 Å². The lowest BCUT2D eigenvalue weighted by Crippen LogP contribution is -2.07. The van der Waals surface area contributed by atoms with E-state index in [9.17, 15) is 4.79 Å². The summed E-state index contributed by atoms with van der Waals surface area (Å²) in [5, 5.41) is 2.84. The molecule has 0 saturated carbocycles. The van der Waals surface area contributed by atoms with Crippen molar-refractivity contribution < 1.29 is 13.9 Å². The number of fused-ring (bicyclic) bond motifs is 1. The molecule has 0 saturated heterocycles. The fourth-order valence-electron chi connectivity index (χ4n) is 2.80. The van der Waals surface area contributed by atoms with Crippen molar-refractivity contribution in [2.45, 2.75) is 0 Å². The number of ether oxygens (including phenoxy) is 1. The molecule has 0 spiro atoms. The quantitative estimate of drug-likeness (QED) is 0.493. The van der Waals surface area contributed by atoms with Crippen molar-refractivity contribution in [3.05, 3.63) is 84.4 Å². The van der Waals surface area contributed by atoms with Crippen molar-refractivity contribution in [3.8, 4) is 17.2 Å². The third kappa shape index (κ3) is 3.94. The predicted molar refractivity (Wildman–Crippen MR) is 110 cm³/mol. The number of oxazole rings is 1. The van der Waals surface area contributed by atoms with Gasteiger partial charge in [0.1, 0.15) is 11.3 Å². The number of benzene rings is 3. The van der Waals surface area contributed by atoms with Crippen LogP contribution in [0.3, 0.4) is 0 Å². The van der Waals surface area contributed by atoms with Gasteiger partial charge in [-0.3, -0.25) is 4.79 Å².